The van der Waals surface area contributed by atoms with Gasteiger partial charge in [-0.2, -0.15) is 4.80 Å². The third-order valence-electron chi connectivity index (χ3n) is 3.67. The number of aliphatic hydroxyl groups is 1. The zero-order valence-corrected chi connectivity index (χ0v) is 15.6. The van der Waals surface area contributed by atoms with Crippen molar-refractivity contribution in [2.75, 3.05) is 6.61 Å². The second kappa shape index (κ2) is 7.31. The van der Waals surface area contributed by atoms with Gasteiger partial charge < -0.3 is 15.0 Å². The van der Waals surface area contributed by atoms with Crippen LogP contribution in [-0.2, 0) is 23.1 Å². The van der Waals surface area contributed by atoms with Crippen LogP contribution in [0.15, 0.2) is 10.6 Å². The van der Waals surface area contributed by atoms with Crippen molar-refractivity contribution in [3.05, 3.63) is 16.4 Å². The van der Waals surface area contributed by atoms with E-state index >= 15 is 0 Å². The molecule has 1 amide bonds. The third-order valence-corrected chi connectivity index (χ3v) is 5.13. The van der Waals surface area contributed by atoms with Crippen molar-refractivity contribution < 1.29 is 49.4 Å². The Morgan fingerprint density at radius 1 is 1.43 bits per heavy atom. The van der Waals surface area contributed by atoms with Gasteiger partial charge in [0, 0.05) is 11.3 Å². The first kappa shape index (κ1) is 18.4. The second-order valence-electron chi connectivity index (χ2n) is 5.11. The van der Waals surface area contributed by atoms with Crippen molar-refractivity contribution in [2.24, 2.45) is 13.0 Å². The number of nitrogens with zero attached hydrogens (tertiary/aromatic N) is 5. The fourth-order valence-corrected chi connectivity index (χ4v) is 4.15. The number of hydrogen-bond acceptors (Lipinski definition) is 8. The van der Waals surface area contributed by atoms with Crippen molar-refractivity contribution in [3.63, 3.8) is 0 Å². The molecule has 2 aliphatic rings. The molecule has 1 N–H and O–H groups in total. The van der Waals surface area contributed by atoms with Gasteiger partial charge in [-0.15, -0.1) is 22.0 Å². The maximum atomic E-state index is 11.8. The number of hydrogen-bond donors (Lipinski definition) is 1. The summed E-state index contributed by atoms with van der Waals surface area (Å²) in [5, 5.41) is 31.8. The van der Waals surface area contributed by atoms with Crippen LogP contribution < -0.4 is 34.7 Å². The minimum absolute atomic E-state index is 0. The molecule has 0 aliphatic carbocycles. The predicted molar refractivity (Wildman–Crippen MR) is 72.6 cm³/mol. The molecule has 1 saturated heterocycles. The molecule has 1 fully saturated rings. The van der Waals surface area contributed by atoms with Crippen molar-refractivity contribution in [1.29, 1.82) is 0 Å². The van der Waals surface area contributed by atoms with Crippen LogP contribution >= 0.6 is 11.8 Å². The van der Waals surface area contributed by atoms with Gasteiger partial charge in [-0.1, -0.05) is 0 Å². The van der Waals surface area contributed by atoms with Gasteiger partial charge in [-0.25, -0.2) is 0 Å². The van der Waals surface area contributed by atoms with Crippen molar-refractivity contribution in [2.45, 2.75) is 24.6 Å². The van der Waals surface area contributed by atoms with E-state index in [4.69, 9.17) is 0 Å². The van der Waals surface area contributed by atoms with E-state index in [-0.39, 0.29) is 53.1 Å². The summed E-state index contributed by atoms with van der Waals surface area (Å²) in [6.45, 7) is -0.274. The molecule has 3 heterocycles. The first-order valence-corrected chi connectivity index (χ1v) is 7.69. The van der Waals surface area contributed by atoms with Crippen LogP contribution in [0.4, 0.5) is 0 Å². The van der Waals surface area contributed by atoms with E-state index in [1.807, 2.05) is 0 Å². The Labute approximate surface area is 158 Å². The molecular weight excluding hydrogens is 333 g/mol. The van der Waals surface area contributed by atoms with Crippen LogP contribution in [0.5, 0.6) is 0 Å². The largest absolute Gasteiger partial charge is 1.00 e. The molecule has 1 aromatic heterocycles. The van der Waals surface area contributed by atoms with Crippen LogP contribution in [0, 0.1) is 5.92 Å². The molecule has 2 aliphatic heterocycles. The summed E-state index contributed by atoms with van der Waals surface area (Å²) in [6, 6.07) is 0. The molecule has 0 aromatic carbocycles. The van der Waals surface area contributed by atoms with E-state index in [1.165, 1.54) is 21.5 Å². The van der Waals surface area contributed by atoms with E-state index in [0.29, 0.717) is 30.0 Å². The zero-order chi connectivity index (χ0) is 15.9. The summed E-state index contributed by atoms with van der Waals surface area (Å²) < 4.78 is 0. The van der Waals surface area contributed by atoms with Gasteiger partial charge in [0.05, 0.1) is 31.2 Å². The number of carbonyl (C=O) groups excluding carboxylic acids is 2. The Balaban J connectivity index is 0.00000192. The average Bonchev–Trinajstić information content (AvgIpc) is 3.02. The molecule has 11 heteroatoms. The molecular formula is C12H14N5NaO4S. The monoisotopic (exact) mass is 347 g/mol. The molecule has 0 unspecified atom stereocenters. The first-order valence-electron chi connectivity index (χ1n) is 6.81. The average molecular weight is 347 g/mol. The number of carboxylic acid groups (broad SMARTS) is 1. The quantitative estimate of drug-likeness (QED) is 0.401. The van der Waals surface area contributed by atoms with Crippen LogP contribution in [0.25, 0.3) is 0 Å². The Morgan fingerprint density at radius 3 is 2.74 bits per heavy atom. The molecule has 118 valence electrons. The fraction of sp³-hybridized carbons (Fsp3) is 0.583. The Kier molecular flexibility index (Phi) is 5.84. The fourth-order valence-electron chi connectivity index (χ4n) is 2.62. The van der Waals surface area contributed by atoms with Crippen LogP contribution in [0.1, 0.15) is 18.7 Å². The molecule has 0 radical (unpaired) electrons. The topological polar surface area (TPSA) is 124 Å². The van der Waals surface area contributed by atoms with Gasteiger partial charge >= 0.3 is 29.6 Å². The predicted octanol–water partition coefficient (Wildman–Crippen LogP) is -4.98. The number of rotatable bonds is 6. The van der Waals surface area contributed by atoms with E-state index in [1.54, 1.807) is 7.05 Å². The summed E-state index contributed by atoms with van der Waals surface area (Å²) in [5.74, 6) is -1.65. The molecule has 2 atom stereocenters. The second-order valence-corrected chi connectivity index (χ2v) is 6.33. The molecule has 1 aromatic rings. The SMILES string of the molecule is Cn1nnc(CCCC2=C(C(=O)[O-])N3C(=O)[C@H](CO)[C@H]3S2)n1.[Na+]. The van der Waals surface area contributed by atoms with Gasteiger partial charge in [0.1, 0.15) is 5.37 Å². The molecule has 23 heavy (non-hydrogen) atoms. The van der Waals surface area contributed by atoms with E-state index in [2.05, 4.69) is 15.4 Å². The number of β-lactam (4-membered cyclic amide) rings is 1. The summed E-state index contributed by atoms with van der Waals surface area (Å²) in [5.41, 5.74) is -0.0585. The van der Waals surface area contributed by atoms with Gasteiger partial charge in [0.15, 0.2) is 5.82 Å². The van der Waals surface area contributed by atoms with E-state index in [9.17, 15) is 19.8 Å². The minimum Gasteiger partial charge on any atom is -0.543 e. The number of aliphatic hydroxyl groups excluding tert-OH is 1. The minimum atomic E-state index is -1.35. The number of carbonyl (C=O) groups is 2. The number of amides is 1. The standard InChI is InChI=1S/C12H15N5O4S.Na/c1-16-14-8(13-15-16)4-2-3-7-9(12(20)21)17-10(19)6(5-18)11(17)22-7;/h6,11,18H,2-5H2,1H3,(H,20,21);/q;+1/p-1/t6-,11+;/m0./s1. The number of aliphatic carboxylic acids is 1. The Hall–Kier alpha value is -0.940. The number of aromatic nitrogens is 4. The number of allylic oxidation sites excluding steroid dienone is 1. The van der Waals surface area contributed by atoms with Crippen molar-refractivity contribution in [3.8, 4) is 0 Å². The Morgan fingerprint density at radius 2 is 2.17 bits per heavy atom. The maximum absolute atomic E-state index is 11.8. The summed E-state index contributed by atoms with van der Waals surface area (Å²) in [6.07, 6.45) is 1.70. The van der Waals surface area contributed by atoms with Gasteiger partial charge in [-0.05, 0) is 18.1 Å². The first-order chi connectivity index (χ1) is 10.5. The van der Waals surface area contributed by atoms with Crippen LogP contribution in [0.2, 0.25) is 0 Å². The number of aryl methyl sites for hydroxylation is 2. The summed E-state index contributed by atoms with van der Waals surface area (Å²) in [4.78, 5) is 26.3. The third kappa shape index (κ3) is 3.31. The van der Waals surface area contributed by atoms with Gasteiger partial charge in [0.2, 0.25) is 5.91 Å². The van der Waals surface area contributed by atoms with Crippen LogP contribution in [-0.4, -0.2) is 54.1 Å². The summed E-state index contributed by atoms with van der Waals surface area (Å²) in [7, 11) is 1.67. The number of fused-ring (bicyclic) bond motifs is 1. The van der Waals surface area contributed by atoms with E-state index < -0.39 is 11.9 Å². The maximum Gasteiger partial charge on any atom is 1.00 e. The number of thioether (sulfide) groups is 1. The smallest absolute Gasteiger partial charge is 0.543 e. The van der Waals surface area contributed by atoms with Gasteiger partial charge in [0.25, 0.3) is 0 Å². The Bertz CT molecular complexity index is 664. The van der Waals surface area contributed by atoms with Crippen molar-refractivity contribution in [1.82, 2.24) is 25.1 Å². The van der Waals surface area contributed by atoms with Crippen LogP contribution in [0.3, 0.4) is 0 Å². The van der Waals surface area contributed by atoms with E-state index in [0.717, 1.165) is 0 Å². The molecule has 0 spiro atoms. The zero-order valence-electron chi connectivity index (χ0n) is 12.8. The summed E-state index contributed by atoms with van der Waals surface area (Å²) >= 11 is 1.32. The molecule has 3 rings (SSSR count). The molecule has 0 saturated carbocycles. The molecule has 0 bridgehead atoms. The normalized spacial score (nSPS) is 22.7. The number of tetrazole rings is 1. The van der Waals surface area contributed by atoms with Gasteiger partial charge in [-0.3, -0.25) is 9.69 Å². The van der Waals surface area contributed by atoms with Crippen molar-refractivity contribution >= 4 is 23.6 Å². The molecule has 9 nitrogen and oxygen atoms in total. The number of carboxylic acids is 1.